The van der Waals surface area contributed by atoms with E-state index in [0.29, 0.717) is 0 Å². The molecular formula is C3H7ClF3NO2S. The molecular weight excluding hydrogens is 207 g/mol. The monoisotopic (exact) mass is 213 g/mol. The van der Waals surface area contributed by atoms with Crippen LogP contribution in [-0.2, 0) is 0 Å². The highest BCUT2D eigenvalue weighted by molar-refractivity contribution is 8.24. The maximum Gasteiger partial charge on any atom is 0.419 e. The summed E-state index contributed by atoms with van der Waals surface area (Å²) in [5.74, 6) is 0. The Morgan fingerprint density at radius 3 is 2.18 bits per heavy atom. The van der Waals surface area contributed by atoms with Gasteiger partial charge in [0.2, 0.25) is 0 Å². The summed E-state index contributed by atoms with van der Waals surface area (Å²) >= 11 is 4.81. The molecule has 1 N–H and O–H groups in total. The molecule has 0 bridgehead atoms. The zero-order valence-corrected chi connectivity index (χ0v) is 7.03. The number of hydrogen-bond acceptors (Lipinski definition) is 1. The lowest BCUT2D eigenvalue weighted by Crippen LogP contribution is -2.24. The Bertz CT molecular complexity index is 147. The van der Waals surface area contributed by atoms with Crippen LogP contribution in [0.1, 0.15) is 0 Å². The van der Waals surface area contributed by atoms with Crippen LogP contribution < -0.4 is 0 Å². The number of alkyl halides is 1. The molecule has 70 valence electrons. The summed E-state index contributed by atoms with van der Waals surface area (Å²) in [5, 5.41) is 7.11. The minimum Gasteiger partial charge on any atom is -0.464 e. The van der Waals surface area contributed by atoms with Gasteiger partial charge in [-0.2, -0.15) is 0 Å². The quantitative estimate of drug-likeness (QED) is 0.716. The van der Waals surface area contributed by atoms with E-state index in [-0.39, 0.29) is 9.01 Å². The van der Waals surface area contributed by atoms with Gasteiger partial charge in [0.05, 0.1) is 0 Å². The predicted octanol–water partition coefficient (Wildman–Crippen LogP) is 2.43. The highest BCUT2D eigenvalue weighted by Gasteiger charge is 2.31. The average molecular weight is 214 g/mol. The van der Waals surface area contributed by atoms with E-state index in [1.54, 1.807) is 0 Å². The van der Waals surface area contributed by atoms with E-state index in [1.807, 2.05) is 0 Å². The van der Waals surface area contributed by atoms with Crippen molar-refractivity contribution in [3.63, 3.8) is 0 Å². The van der Waals surface area contributed by atoms with Gasteiger partial charge in [0, 0.05) is 7.05 Å². The lowest BCUT2D eigenvalue weighted by Gasteiger charge is -2.25. The predicted molar refractivity (Wildman–Crippen MR) is 38.8 cm³/mol. The van der Waals surface area contributed by atoms with Crippen LogP contribution in [0, 0.1) is 0 Å². The first-order valence-electron chi connectivity index (χ1n) is 2.15. The van der Waals surface area contributed by atoms with Crippen LogP contribution in [-0.4, -0.2) is 27.8 Å². The van der Waals surface area contributed by atoms with Crippen LogP contribution in [0.25, 0.3) is 0 Å². The van der Waals surface area contributed by atoms with Crippen molar-refractivity contribution in [2.45, 2.75) is 0 Å². The van der Waals surface area contributed by atoms with Crippen molar-refractivity contribution in [2.75, 3.05) is 12.3 Å². The van der Waals surface area contributed by atoms with Gasteiger partial charge in [0.1, 0.15) is 5.21 Å². The molecule has 0 fully saturated rings. The molecule has 0 spiro atoms. The van der Waals surface area contributed by atoms with Gasteiger partial charge >= 0.3 is 6.09 Å². The molecule has 1 amide bonds. The second-order valence-electron chi connectivity index (χ2n) is 1.43. The fourth-order valence-corrected chi connectivity index (χ4v) is 1.00. The van der Waals surface area contributed by atoms with E-state index < -0.39 is 22.3 Å². The SMILES string of the molecule is CN(C(=O)O)S(F)(F)CCl.F. The minimum atomic E-state index is -4.30. The fraction of sp³-hybridized carbons (Fsp3) is 0.667. The molecule has 0 aliphatic heterocycles. The molecule has 0 aliphatic rings. The lowest BCUT2D eigenvalue weighted by atomic mass is 11.1. The average Bonchev–Trinajstić information content (AvgIpc) is 1.86. The normalized spacial score (nSPS) is 11.6. The zero-order chi connectivity index (χ0) is 8.36. The van der Waals surface area contributed by atoms with Crippen LogP contribution in [0.5, 0.6) is 0 Å². The van der Waals surface area contributed by atoms with Crippen molar-refractivity contribution in [3.05, 3.63) is 0 Å². The third kappa shape index (κ3) is 3.57. The lowest BCUT2D eigenvalue weighted by molar-refractivity contribution is 0.178. The number of halogens is 4. The van der Waals surface area contributed by atoms with Gasteiger partial charge in [-0.1, -0.05) is 0 Å². The highest BCUT2D eigenvalue weighted by atomic mass is 35.5. The minimum absolute atomic E-state index is 0. The first kappa shape index (κ1) is 13.3. The van der Waals surface area contributed by atoms with Crippen LogP contribution in [0.3, 0.4) is 0 Å². The molecule has 0 unspecified atom stereocenters. The molecule has 3 nitrogen and oxygen atoms in total. The standard InChI is InChI=1S/C3H6ClF2NO2S.FH/c1-7(3(8)9)10(5,6)2-4;/h2H2,1H3,(H,8,9);1H. The summed E-state index contributed by atoms with van der Waals surface area (Å²) in [4.78, 5) is 9.91. The van der Waals surface area contributed by atoms with Crippen molar-refractivity contribution < 1.29 is 22.4 Å². The van der Waals surface area contributed by atoms with Crippen LogP contribution in [0.2, 0.25) is 0 Å². The number of rotatable bonds is 2. The van der Waals surface area contributed by atoms with Crippen molar-refractivity contribution in [1.29, 1.82) is 0 Å². The summed E-state index contributed by atoms with van der Waals surface area (Å²) in [6, 6.07) is 0. The van der Waals surface area contributed by atoms with Gasteiger partial charge in [-0.3, -0.25) is 4.70 Å². The molecule has 0 saturated carbocycles. The zero-order valence-electron chi connectivity index (χ0n) is 5.46. The molecule has 11 heavy (non-hydrogen) atoms. The first-order chi connectivity index (χ1) is 4.41. The number of carbonyl (C=O) groups is 1. The number of nitrogens with zero attached hydrogens (tertiary/aromatic N) is 1. The van der Waals surface area contributed by atoms with Crippen LogP contribution in [0.4, 0.5) is 17.3 Å². The molecule has 0 aromatic rings. The van der Waals surface area contributed by atoms with Gasteiger partial charge in [-0.15, -0.1) is 19.4 Å². The summed E-state index contributed by atoms with van der Waals surface area (Å²) in [6.45, 7) is 0. The molecule has 0 atom stereocenters. The maximum atomic E-state index is 12.3. The molecule has 0 aromatic carbocycles. The summed E-state index contributed by atoms with van der Waals surface area (Å²) in [5.41, 5.74) is 0. The highest BCUT2D eigenvalue weighted by Crippen LogP contribution is 2.54. The van der Waals surface area contributed by atoms with Crippen LogP contribution in [0.15, 0.2) is 0 Å². The summed E-state index contributed by atoms with van der Waals surface area (Å²) < 4.78 is 24.5. The van der Waals surface area contributed by atoms with Gasteiger partial charge in [-0.25, -0.2) is 9.10 Å². The Morgan fingerprint density at radius 2 is 2.09 bits per heavy atom. The Labute approximate surface area is 68.3 Å². The summed E-state index contributed by atoms with van der Waals surface area (Å²) in [6.07, 6.45) is -1.67. The van der Waals surface area contributed by atoms with Crippen LogP contribution >= 0.6 is 22.6 Å². The fourth-order valence-electron chi connectivity index (χ4n) is 0.187. The molecule has 0 radical (unpaired) electrons. The molecule has 0 saturated heterocycles. The van der Waals surface area contributed by atoms with Gasteiger partial charge in [0.15, 0.2) is 11.0 Å². The maximum absolute atomic E-state index is 12.3. The number of carboxylic acid groups (broad SMARTS) is 1. The van der Waals surface area contributed by atoms with Gasteiger partial charge in [-0.05, 0) is 0 Å². The second kappa shape index (κ2) is 4.55. The van der Waals surface area contributed by atoms with E-state index in [4.69, 9.17) is 16.7 Å². The van der Waals surface area contributed by atoms with Gasteiger partial charge in [0.25, 0.3) is 0 Å². The Kier molecular flexibility index (Phi) is 5.50. The number of hydrogen-bond donors (Lipinski definition) is 1. The molecule has 0 aromatic heterocycles. The first-order valence-corrected chi connectivity index (χ1v) is 4.24. The topological polar surface area (TPSA) is 40.5 Å². The van der Waals surface area contributed by atoms with Crippen molar-refractivity contribution in [1.82, 2.24) is 4.31 Å². The Morgan fingerprint density at radius 1 is 1.73 bits per heavy atom. The summed E-state index contributed by atoms with van der Waals surface area (Å²) in [7, 11) is -3.51. The third-order valence-electron chi connectivity index (χ3n) is 0.801. The van der Waals surface area contributed by atoms with Crippen molar-refractivity contribution in [2.24, 2.45) is 0 Å². The largest absolute Gasteiger partial charge is 0.464 e. The van der Waals surface area contributed by atoms with Crippen molar-refractivity contribution in [3.8, 4) is 0 Å². The van der Waals surface area contributed by atoms with Crippen molar-refractivity contribution >= 4 is 28.7 Å². The Hall–Kier alpha value is -0.300. The molecule has 0 rings (SSSR count). The van der Waals surface area contributed by atoms with Gasteiger partial charge < -0.3 is 5.11 Å². The third-order valence-corrected chi connectivity index (χ3v) is 2.81. The molecule has 8 heteroatoms. The van der Waals surface area contributed by atoms with E-state index in [0.717, 1.165) is 7.05 Å². The van der Waals surface area contributed by atoms with E-state index in [2.05, 4.69) is 0 Å². The van der Waals surface area contributed by atoms with E-state index >= 15 is 0 Å². The Balaban J connectivity index is 0. The smallest absolute Gasteiger partial charge is 0.419 e. The molecule has 0 heterocycles. The second-order valence-corrected chi connectivity index (χ2v) is 3.94. The van der Waals surface area contributed by atoms with E-state index in [9.17, 15) is 12.6 Å². The molecule has 0 aliphatic carbocycles. The number of amides is 1. The van der Waals surface area contributed by atoms with E-state index in [1.165, 1.54) is 0 Å².